The van der Waals surface area contributed by atoms with E-state index < -0.39 is 35.1 Å². The number of nitrogens with zero attached hydrogens (tertiary/aromatic N) is 3. The Labute approximate surface area is 219 Å². The molecule has 1 atom stereocenters. The number of hydrogen-bond donors (Lipinski definition) is 1. The van der Waals surface area contributed by atoms with E-state index in [9.17, 15) is 28.0 Å². The normalized spacial score (nSPS) is 21.4. The summed E-state index contributed by atoms with van der Waals surface area (Å²) in [5.41, 5.74) is 0.689. The maximum Gasteiger partial charge on any atom is 0.414 e. The Hall–Kier alpha value is -3.90. The van der Waals surface area contributed by atoms with E-state index >= 15 is 0 Å². The van der Waals surface area contributed by atoms with Gasteiger partial charge < -0.3 is 10.2 Å². The van der Waals surface area contributed by atoms with Gasteiger partial charge in [0.05, 0.1) is 23.3 Å². The monoisotopic (exact) mass is 520 g/mol. The molecule has 2 saturated heterocycles. The lowest BCUT2D eigenvalue weighted by Gasteiger charge is -2.38. The minimum absolute atomic E-state index is 0.114. The molecular weight excluding hydrogens is 493 g/mol. The quantitative estimate of drug-likeness (QED) is 0.558. The molecule has 2 aliphatic heterocycles. The SMILES string of the molecule is N#CC1CC=C(N2C(=O)N(Cc3ccccc3Cc3ccccc3)C3(CCNCC3)C2=O)C=C1C(F)(F)F. The Morgan fingerprint density at radius 2 is 1.66 bits per heavy atom. The largest absolute Gasteiger partial charge is 0.414 e. The van der Waals surface area contributed by atoms with Gasteiger partial charge in [0.25, 0.3) is 5.91 Å². The Balaban J connectivity index is 1.51. The number of imide groups is 1. The number of urea groups is 1. The molecule has 1 spiro atoms. The van der Waals surface area contributed by atoms with E-state index in [1.165, 1.54) is 6.08 Å². The third-order valence-corrected chi connectivity index (χ3v) is 7.64. The van der Waals surface area contributed by atoms with Crippen LogP contribution in [0.5, 0.6) is 0 Å². The molecule has 3 amide bonds. The van der Waals surface area contributed by atoms with Crippen LogP contribution in [0.15, 0.2) is 78.0 Å². The fourth-order valence-electron chi connectivity index (χ4n) is 5.60. The fourth-order valence-corrected chi connectivity index (χ4v) is 5.60. The van der Waals surface area contributed by atoms with Gasteiger partial charge in [-0.25, -0.2) is 9.69 Å². The number of nitrogens with one attached hydrogen (secondary N) is 1. The molecule has 6 nitrogen and oxygen atoms in total. The average molecular weight is 521 g/mol. The van der Waals surface area contributed by atoms with Crippen LogP contribution in [0.4, 0.5) is 18.0 Å². The zero-order valence-corrected chi connectivity index (χ0v) is 20.7. The molecule has 0 saturated carbocycles. The molecule has 0 bridgehead atoms. The second kappa shape index (κ2) is 10.1. The highest BCUT2D eigenvalue weighted by Crippen LogP contribution is 2.42. The fraction of sp³-hybridized carbons (Fsp3) is 0.345. The van der Waals surface area contributed by atoms with Crippen LogP contribution in [0.2, 0.25) is 0 Å². The van der Waals surface area contributed by atoms with E-state index in [1.54, 1.807) is 11.0 Å². The van der Waals surface area contributed by atoms with Crippen LogP contribution < -0.4 is 5.32 Å². The van der Waals surface area contributed by atoms with Crippen LogP contribution >= 0.6 is 0 Å². The molecule has 3 aliphatic rings. The number of benzene rings is 2. The van der Waals surface area contributed by atoms with E-state index in [0.29, 0.717) is 32.4 Å². The second-order valence-corrected chi connectivity index (χ2v) is 9.87. The summed E-state index contributed by atoms with van der Waals surface area (Å²) < 4.78 is 41.1. The molecule has 2 aromatic rings. The van der Waals surface area contributed by atoms with Crippen molar-refractivity contribution in [1.29, 1.82) is 5.26 Å². The van der Waals surface area contributed by atoms with Gasteiger partial charge in [-0.05, 0) is 61.5 Å². The maximum atomic E-state index is 13.9. The summed E-state index contributed by atoms with van der Waals surface area (Å²) in [6.45, 7) is 1.18. The number of carbonyl (C=O) groups excluding carboxylic acids is 2. The lowest BCUT2D eigenvalue weighted by Crippen LogP contribution is -2.55. The molecule has 1 N–H and O–H groups in total. The predicted octanol–water partition coefficient (Wildman–Crippen LogP) is 5.08. The Bertz CT molecular complexity index is 1340. The van der Waals surface area contributed by atoms with Gasteiger partial charge in [0.2, 0.25) is 0 Å². The van der Waals surface area contributed by atoms with Crippen LogP contribution in [0, 0.1) is 17.2 Å². The van der Waals surface area contributed by atoms with Crippen molar-refractivity contribution in [2.75, 3.05) is 13.1 Å². The number of rotatable bonds is 5. The van der Waals surface area contributed by atoms with Crippen molar-refractivity contribution in [1.82, 2.24) is 15.1 Å². The Morgan fingerprint density at radius 1 is 1.00 bits per heavy atom. The molecule has 5 rings (SSSR count). The molecule has 2 aromatic carbocycles. The first-order valence-electron chi connectivity index (χ1n) is 12.6. The third-order valence-electron chi connectivity index (χ3n) is 7.64. The Morgan fingerprint density at radius 3 is 2.32 bits per heavy atom. The van der Waals surface area contributed by atoms with Gasteiger partial charge in [0, 0.05) is 6.54 Å². The molecule has 38 heavy (non-hydrogen) atoms. The molecule has 1 aliphatic carbocycles. The van der Waals surface area contributed by atoms with Crippen molar-refractivity contribution in [2.24, 2.45) is 5.92 Å². The van der Waals surface area contributed by atoms with E-state index in [4.69, 9.17) is 0 Å². The number of amides is 3. The highest BCUT2D eigenvalue weighted by molar-refractivity contribution is 6.09. The predicted molar refractivity (Wildman–Crippen MR) is 134 cm³/mol. The third kappa shape index (κ3) is 4.61. The first-order chi connectivity index (χ1) is 18.2. The van der Waals surface area contributed by atoms with Gasteiger partial charge in [0.1, 0.15) is 5.54 Å². The number of hydrogen-bond acceptors (Lipinski definition) is 4. The van der Waals surface area contributed by atoms with Gasteiger partial charge in [-0.15, -0.1) is 0 Å². The second-order valence-electron chi connectivity index (χ2n) is 9.87. The Kier molecular flexibility index (Phi) is 6.84. The molecule has 1 unspecified atom stereocenters. The maximum absolute atomic E-state index is 13.9. The first kappa shape index (κ1) is 25.7. The molecule has 9 heteroatoms. The summed E-state index contributed by atoms with van der Waals surface area (Å²) in [6, 6.07) is 18.7. The summed E-state index contributed by atoms with van der Waals surface area (Å²) in [4.78, 5) is 30.2. The summed E-state index contributed by atoms with van der Waals surface area (Å²) in [5.74, 6) is -1.88. The van der Waals surface area contributed by atoms with Crippen LogP contribution in [0.1, 0.15) is 36.0 Å². The van der Waals surface area contributed by atoms with Crippen molar-refractivity contribution in [2.45, 2.75) is 43.9 Å². The van der Waals surface area contributed by atoms with Crippen molar-refractivity contribution in [3.63, 3.8) is 0 Å². The molecule has 2 heterocycles. The number of piperidine rings is 1. The number of carbonyl (C=O) groups is 2. The van der Waals surface area contributed by atoms with Crippen LogP contribution in [-0.2, 0) is 17.8 Å². The van der Waals surface area contributed by atoms with E-state index in [1.807, 2.05) is 54.6 Å². The average Bonchev–Trinajstić information content (AvgIpc) is 3.10. The molecular formula is C29H27F3N4O2. The summed E-state index contributed by atoms with van der Waals surface area (Å²) in [7, 11) is 0. The topological polar surface area (TPSA) is 76.4 Å². The zero-order chi connectivity index (χ0) is 26.9. The summed E-state index contributed by atoms with van der Waals surface area (Å²) in [6.07, 6.45) is -1.42. The zero-order valence-electron chi connectivity index (χ0n) is 20.7. The first-order valence-corrected chi connectivity index (χ1v) is 12.6. The molecule has 2 fully saturated rings. The van der Waals surface area contributed by atoms with Gasteiger partial charge in [-0.1, -0.05) is 60.7 Å². The molecule has 0 aromatic heterocycles. The van der Waals surface area contributed by atoms with E-state index in [2.05, 4.69) is 5.32 Å². The number of nitriles is 1. The highest BCUT2D eigenvalue weighted by atomic mass is 19.4. The van der Waals surface area contributed by atoms with Crippen LogP contribution in [-0.4, -0.2) is 46.5 Å². The summed E-state index contributed by atoms with van der Waals surface area (Å²) >= 11 is 0. The van der Waals surface area contributed by atoms with Crippen molar-refractivity contribution < 1.29 is 22.8 Å². The van der Waals surface area contributed by atoms with E-state index in [-0.39, 0.29) is 18.7 Å². The van der Waals surface area contributed by atoms with Gasteiger partial charge in [0.15, 0.2) is 0 Å². The summed E-state index contributed by atoms with van der Waals surface area (Å²) in [5, 5.41) is 12.4. The minimum atomic E-state index is -4.74. The lowest BCUT2D eigenvalue weighted by molar-refractivity contribution is -0.133. The molecule has 0 radical (unpaired) electrons. The number of alkyl halides is 3. The van der Waals surface area contributed by atoms with Crippen LogP contribution in [0.25, 0.3) is 0 Å². The number of allylic oxidation sites excluding steroid dienone is 3. The highest BCUT2D eigenvalue weighted by Gasteiger charge is 2.58. The van der Waals surface area contributed by atoms with E-state index in [0.717, 1.165) is 27.7 Å². The van der Waals surface area contributed by atoms with Crippen LogP contribution in [0.3, 0.4) is 0 Å². The smallest absolute Gasteiger partial charge is 0.317 e. The standard InChI is InChI=1S/C29H27F3N4O2/c30-29(31,32)25-17-24(11-10-22(25)18-33)36-26(37)28(12-14-34-15-13-28)35(27(36)38)19-23-9-5-4-8-21(23)16-20-6-2-1-3-7-20/h1-9,11,17,22,34H,10,12-16,19H2. The van der Waals surface area contributed by atoms with Gasteiger partial charge >= 0.3 is 12.2 Å². The minimum Gasteiger partial charge on any atom is -0.317 e. The van der Waals surface area contributed by atoms with Crippen molar-refractivity contribution in [3.8, 4) is 6.07 Å². The number of halogens is 3. The van der Waals surface area contributed by atoms with Gasteiger partial charge in [-0.3, -0.25) is 4.79 Å². The van der Waals surface area contributed by atoms with Crippen molar-refractivity contribution in [3.05, 3.63) is 94.7 Å². The van der Waals surface area contributed by atoms with Gasteiger partial charge in [-0.2, -0.15) is 18.4 Å². The van der Waals surface area contributed by atoms with Crippen molar-refractivity contribution >= 4 is 11.9 Å². The molecule has 196 valence electrons. The lowest BCUT2D eigenvalue weighted by atomic mass is 9.85.